The highest BCUT2D eigenvalue weighted by atomic mass is 32.2. The van der Waals surface area contributed by atoms with Crippen molar-refractivity contribution >= 4 is 21.6 Å². The van der Waals surface area contributed by atoms with Gasteiger partial charge >= 0.3 is 0 Å². The molecule has 154 valence electrons. The topological polar surface area (TPSA) is 119 Å². The van der Waals surface area contributed by atoms with Crippen molar-refractivity contribution in [2.45, 2.75) is 75.4 Å². The van der Waals surface area contributed by atoms with Gasteiger partial charge in [-0.15, -0.1) is 0 Å². The summed E-state index contributed by atoms with van der Waals surface area (Å²) in [4.78, 5) is 12.7. The number of aliphatic hydroxyl groups is 1. The molecule has 1 aliphatic rings. The minimum Gasteiger partial charge on any atom is -0.392 e. The van der Waals surface area contributed by atoms with Crippen LogP contribution in [0.2, 0.25) is 0 Å². The zero-order valence-electron chi connectivity index (χ0n) is 16.6. The molecule has 1 aromatic heterocycles. The lowest BCUT2D eigenvalue weighted by molar-refractivity contribution is -0.118. The number of nitrogens with zero attached hydrogens (tertiary/aromatic N) is 1. The highest BCUT2D eigenvalue weighted by Crippen LogP contribution is 2.31. The van der Waals surface area contributed by atoms with Crippen LogP contribution in [0.15, 0.2) is 10.6 Å². The lowest BCUT2D eigenvalue weighted by Gasteiger charge is -2.30. The predicted octanol–water partition coefficient (Wildman–Crippen LogP) is 2.03. The first-order chi connectivity index (χ1) is 12.4. The van der Waals surface area contributed by atoms with Crippen LogP contribution in [0.3, 0.4) is 0 Å². The smallest absolute Gasteiger partial charge is 0.247 e. The zero-order chi connectivity index (χ0) is 20.5. The quantitative estimate of drug-likeness (QED) is 0.716. The summed E-state index contributed by atoms with van der Waals surface area (Å²) in [6.07, 6.45) is 0.678. The largest absolute Gasteiger partial charge is 0.392 e. The van der Waals surface area contributed by atoms with E-state index in [1.165, 1.54) is 19.9 Å². The predicted molar refractivity (Wildman–Crippen MR) is 101 cm³/mol. The molecule has 8 nitrogen and oxygen atoms in total. The van der Waals surface area contributed by atoms with E-state index in [-0.39, 0.29) is 5.88 Å². The fraction of sp³-hybridized carbons (Fsp3) is 0.778. The Balaban J connectivity index is 2.16. The van der Waals surface area contributed by atoms with E-state index in [9.17, 15) is 18.3 Å². The van der Waals surface area contributed by atoms with Gasteiger partial charge in [-0.3, -0.25) is 10.1 Å². The van der Waals surface area contributed by atoms with Gasteiger partial charge in [0.15, 0.2) is 9.84 Å². The van der Waals surface area contributed by atoms with Crippen LogP contribution < -0.4 is 5.32 Å². The van der Waals surface area contributed by atoms with E-state index in [4.69, 9.17) is 9.26 Å². The fourth-order valence-electron chi connectivity index (χ4n) is 3.11. The molecule has 1 amide bonds. The van der Waals surface area contributed by atoms with Crippen molar-refractivity contribution in [3.8, 4) is 0 Å². The first-order valence-electron chi connectivity index (χ1n) is 9.22. The van der Waals surface area contributed by atoms with Crippen molar-refractivity contribution in [3.05, 3.63) is 11.8 Å². The molecule has 1 aromatic rings. The lowest BCUT2D eigenvalue weighted by Crippen LogP contribution is -2.50. The summed E-state index contributed by atoms with van der Waals surface area (Å²) >= 11 is 0. The van der Waals surface area contributed by atoms with E-state index in [2.05, 4.69) is 10.5 Å². The molecule has 1 atom stereocenters. The summed E-state index contributed by atoms with van der Waals surface area (Å²) in [6, 6.07) is 1.52. The van der Waals surface area contributed by atoms with E-state index < -0.39 is 37.3 Å². The van der Waals surface area contributed by atoms with Gasteiger partial charge in [0, 0.05) is 24.7 Å². The summed E-state index contributed by atoms with van der Waals surface area (Å²) in [5, 5.41) is 16.0. The van der Waals surface area contributed by atoms with E-state index in [0.29, 0.717) is 38.2 Å². The Morgan fingerprint density at radius 3 is 2.48 bits per heavy atom. The molecule has 1 fully saturated rings. The highest BCUT2D eigenvalue weighted by molar-refractivity contribution is 7.94. The van der Waals surface area contributed by atoms with Crippen molar-refractivity contribution in [2.75, 3.05) is 18.5 Å². The molecule has 2 N–H and O–H groups in total. The van der Waals surface area contributed by atoms with Gasteiger partial charge in [-0.1, -0.05) is 25.9 Å². The maximum atomic E-state index is 12.9. The number of hydrogen-bond acceptors (Lipinski definition) is 7. The number of nitrogens with one attached hydrogen (secondary N) is 1. The third kappa shape index (κ3) is 4.20. The Morgan fingerprint density at radius 2 is 1.93 bits per heavy atom. The minimum absolute atomic E-state index is 0.0571. The third-order valence-corrected chi connectivity index (χ3v) is 8.45. The van der Waals surface area contributed by atoms with Crippen LogP contribution in [0.5, 0.6) is 0 Å². The molecular weight excluding hydrogens is 372 g/mol. The van der Waals surface area contributed by atoms with Gasteiger partial charge in [-0.05, 0) is 33.1 Å². The van der Waals surface area contributed by atoms with Crippen molar-refractivity contribution in [3.63, 3.8) is 0 Å². The molecule has 1 saturated heterocycles. The van der Waals surface area contributed by atoms with E-state index in [1.807, 2.05) is 20.8 Å². The second-order valence-electron chi connectivity index (χ2n) is 8.04. The first-order valence-corrected chi connectivity index (χ1v) is 10.8. The average molecular weight is 403 g/mol. The molecule has 0 spiro atoms. The van der Waals surface area contributed by atoms with Crippen molar-refractivity contribution < 1.29 is 27.6 Å². The Kier molecular flexibility index (Phi) is 6.38. The standard InChI is InChI=1S/C18H30N2O6S/c1-6-14(21)17(2,3)13-11-15(26-20-13)19-16(22)18(4,5)27(23,24)12-7-9-25-10-8-12/h11-12,14,21H,6-10H2,1-5H3,(H,19,22)/t14-/m1/s1. The molecule has 0 aromatic carbocycles. The second kappa shape index (κ2) is 7.89. The number of carbonyl (C=O) groups excluding carboxylic acids is 1. The number of ether oxygens (including phenoxy) is 1. The number of aliphatic hydroxyl groups excluding tert-OH is 1. The molecule has 27 heavy (non-hydrogen) atoms. The van der Waals surface area contributed by atoms with Gasteiger partial charge in [-0.2, -0.15) is 0 Å². The summed E-state index contributed by atoms with van der Waals surface area (Å²) in [7, 11) is -3.71. The number of rotatable bonds is 7. The van der Waals surface area contributed by atoms with Gasteiger partial charge in [0.05, 0.1) is 17.0 Å². The SMILES string of the molecule is CC[C@@H](O)C(C)(C)c1cc(NC(=O)C(C)(C)S(=O)(=O)C2CCOCC2)on1. The molecule has 0 aliphatic carbocycles. The molecule has 9 heteroatoms. The van der Waals surface area contributed by atoms with Gasteiger partial charge in [0.25, 0.3) is 0 Å². The summed E-state index contributed by atoms with van der Waals surface area (Å²) in [6.45, 7) is 9.06. The van der Waals surface area contributed by atoms with E-state index in [1.54, 1.807) is 0 Å². The number of sulfone groups is 1. The van der Waals surface area contributed by atoms with Gasteiger partial charge in [0.2, 0.25) is 11.8 Å². The van der Waals surface area contributed by atoms with Gasteiger partial charge in [-0.25, -0.2) is 8.42 Å². The highest BCUT2D eigenvalue weighted by Gasteiger charge is 2.47. The molecule has 2 rings (SSSR count). The molecule has 0 bridgehead atoms. The van der Waals surface area contributed by atoms with E-state index in [0.717, 1.165) is 0 Å². The Bertz CT molecular complexity index is 763. The molecule has 0 radical (unpaired) electrons. The zero-order valence-corrected chi connectivity index (χ0v) is 17.4. The number of hydrogen-bond donors (Lipinski definition) is 2. The summed E-state index contributed by atoms with van der Waals surface area (Å²) in [5.74, 6) is -0.618. The van der Waals surface area contributed by atoms with Crippen LogP contribution in [-0.4, -0.2) is 53.9 Å². The van der Waals surface area contributed by atoms with Crippen molar-refractivity contribution in [1.29, 1.82) is 0 Å². The molecular formula is C18H30N2O6S. The van der Waals surface area contributed by atoms with Crippen LogP contribution in [0.25, 0.3) is 0 Å². The summed E-state index contributed by atoms with van der Waals surface area (Å²) < 4.78 is 34.6. The number of amides is 1. The summed E-state index contributed by atoms with van der Waals surface area (Å²) in [5.41, 5.74) is -0.178. The van der Waals surface area contributed by atoms with Crippen LogP contribution in [0, 0.1) is 0 Å². The Morgan fingerprint density at radius 1 is 1.33 bits per heavy atom. The normalized spacial score (nSPS) is 18.3. The monoisotopic (exact) mass is 402 g/mol. The number of aromatic nitrogens is 1. The Labute approximate surface area is 160 Å². The minimum atomic E-state index is -3.71. The molecule has 0 saturated carbocycles. The third-order valence-electron chi connectivity index (χ3n) is 5.49. The second-order valence-corrected chi connectivity index (χ2v) is 10.8. The number of anilines is 1. The molecule has 0 unspecified atom stereocenters. The maximum absolute atomic E-state index is 12.9. The van der Waals surface area contributed by atoms with Gasteiger partial charge < -0.3 is 14.4 Å². The molecule has 1 aliphatic heterocycles. The van der Waals surface area contributed by atoms with Crippen LogP contribution >= 0.6 is 0 Å². The molecule has 2 heterocycles. The Hall–Kier alpha value is -1.45. The van der Waals surface area contributed by atoms with Crippen molar-refractivity contribution in [2.24, 2.45) is 0 Å². The van der Waals surface area contributed by atoms with Crippen LogP contribution in [0.4, 0.5) is 5.88 Å². The van der Waals surface area contributed by atoms with Crippen molar-refractivity contribution in [1.82, 2.24) is 5.16 Å². The van der Waals surface area contributed by atoms with Gasteiger partial charge in [0.1, 0.15) is 4.75 Å². The lowest BCUT2D eigenvalue weighted by atomic mass is 9.82. The maximum Gasteiger partial charge on any atom is 0.247 e. The fourth-order valence-corrected chi connectivity index (χ4v) is 5.07. The first kappa shape index (κ1) is 21.8. The van der Waals surface area contributed by atoms with E-state index >= 15 is 0 Å². The van der Waals surface area contributed by atoms with Crippen LogP contribution in [-0.2, 0) is 24.8 Å². The van der Waals surface area contributed by atoms with Crippen LogP contribution in [0.1, 0.15) is 59.6 Å². The number of carbonyl (C=O) groups is 1. The average Bonchev–Trinajstić information content (AvgIpc) is 3.10.